The van der Waals surface area contributed by atoms with Crippen molar-refractivity contribution < 1.29 is 4.79 Å². The molecule has 0 fully saturated rings. The minimum atomic E-state index is -0.149. The number of amides is 1. The number of carbonyl (C=O) groups is 1. The summed E-state index contributed by atoms with van der Waals surface area (Å²) in [6, 6.07) is 7.36. The normalized spacial score (nSPS) is 10.0. The molecule has 0 atom stereocenters. The van der Waals surface area contributed by atoms with Crippen LogP contribution in [0.5, 0.6) is 0 Å². The minimum Gasteiger partial charge on any atom is -0.387 e. The van der Waals surface area contributed by atoms with Gasteiger partial charge in [0.25, 0.3) is 5.91 Å². The molecular formula is C12H13N3OS. The van der Waals surface area contributed by atoms with E-state index in [0.717, 1.165) is 11.4 Å². The zero-order chi connectivity index (χ0) is 12.3. The van der Waals surface area contributed by atoms with Crippen molar-refractivity contribution >= 4 is 28.1 Å². The van der Waals surface area contributed by atoms with Gasteiger partial charge < -0.3 is 5.32 Å². The Labute approximate surface area is 104 Å². The predicted octanol–water partition coefficient (Wildman–Crippen LogP) is 2.75. The second-order valence-corrected chi connectivity index (χ2v) is 4.40. The third-order valence-corrected chi connectivity index (χ3v) is 3.16. The van der Waals surface area contributed by atoms with Crippen LogP contribution in [0.2, 0.25) is 0 Å². The molecule has 0 spiro atoms. The van der Waals surface area contributed by atoms with Crippen LogP contribution < -0.4 is 10.6 Å². The number of nitrogens with zero attached hydrogens (tertiary/aromatic N) is 1. The number of anilines is 2. The van der Waals surface area contributed by atoms with Gasteiger partial charge in [0.05, 0.1) is 11.3 Å². The van der Waals surface area contributed by atoms with Crippen molar-refractivity contribution in [2.45, 2.75) is 6.92 Å². The molecule has 2 aromatic rings. The zero-order valence-corrected chi connectivity index (χ0v) is 10.5. The van der Waals surface area contributed by atoms with Gasteiger partial charge in [-0.2, -0.15) is 0 Å². The second-order valence-electron chi connectivity index (χ2n) is 3.54. The molecule has 0 aliphatic heterocycles. The lowest BCUT2D eigenvalue weighted by Gasteiger charge is -2.07. The largest absolute Gasteiger partial charge is 0.387 e. The molecule has 88 valence electrons. The number of rotatable bonds is 3. The molecule has 0 radical (unpaired) electrons. The molecule has 0 saturated carbocycles. The second kappa shape index (κ2) is 4.97. The number of nitrogens with one attached hydrogen (secondary N) is 2. The topological polar surface area (TPSA) is 54.0 Å². The highest BCUT2D eigenvalue weighted by Crippen LogP contribution is 2.19. The average Bonchev–Trinajstić information content (AvgIpc) is 2.74. The molecule has 0 unspecified atom stereocenters. The maximum absolute atomic E-state index is 12.0. The van der Waals surface area contributed by atoms with Crippen molar-refractivity contribution in [3.8, 4) is 0 Å². The maximum Gasteiger partial charge on any atom is 0.259 e. The van der Waals surface area contributed by atoms with E-state index < -0.39 is 0 Å². The number of aryl methyl sites for hydroxylation is 1. The molecular weight excluding hydrogens is 234 g/mol. The lowest BCUT2D eigenvalue weighted by atomic mass is 10.1. The molecule has 2 N–H and O–H groups in total. The van der Waals surface area contributed by atoms with Crippen LogP contribution in [-0.4, -0.2) is 17.9 Å². The quantitative estimate of drug-likeness (QED) is 0.876. The van der Waals surface area contributed by atoms with Crippen molar-refractivity contribution in [2.75, 3.05) is 17.7 Å². The van der Waals surface area contributed by atoms with Gasteiger partial charge in [-0.25, -0.2) is 4.98 Å². The molecule has 17 heavy (non-hydrogen) atoms. The molecule has 0 saturated heterocycles. The summed E-state index contributed by atoms with van der Waals surface area (Å²) in [5.74, 6) is -0.149. The van der Waals surface area contributed by atoms with Gasteiger partial charge in [0.2, 0.25) is 0 Å². The fraction of sp³-hybridized carbons (Fsp3) is 0.167. The van der Waals surface area contributed by atoms with E-state index in [9.17, 15) is 4.79 Å². The summed E-state index contributed by atoms with van der Waals surface area (Å²) in [6.45, 7) is 1.90. The highest BCUT2D eigenvalue weighted by Gasteiger charge is 2.11. The van der Waals surface area contributed by atoms with Crippen LogP contribution in [-0.2, 0) is 0 Å². The first kappa shape index (κ1) is 11.6. The van der Waals surface area contributed by atoms with Crippen molar-refractivity contribution in [1.82, 2.24) is 4.98 Å². The molecule has 1 amide bonds. The van der Waals surface area contributed by atoms with E-state index in [1.807, 2.05) is 30.5 Å². The van der Waals surface area contributed by atoms with Crippen LogP contribution in [0.15, 0.2) is 29.6 Å². The van der Waals surface area contributed by atoms with Crippen LogP contribution in [0, 0.1) is 6.92 Å². The van der Waals surface area contributed by atoms with Gasteiger partial charge in [-0.15, -0.1) is 11.3 Å². The number of hydrogen-bond acceptors (Lipinski definition) is 4. The van der Waals surface area contributed by atoms with Crippen molar-refractivity contribution in [3.63, 3.8) is 0 Å². The van der Waals surface area contributed by atoms with E-state index in [1.54, 1.807) is 13.1 Å². The number of carbonyl (C=O) groups excluding carboxylic acids is 1. The third-order valence-electron chi connectivity index (χ3n) is 2.28. The Morgan fingerprint density at radius 2 is 2.12 bits per heavy atom. The fourth-order valence-electron chi connectivity index (χ4n) is 1.47. The van der Waals surface area contributed by atoms with Crippen LogP contribution in [0.4, 0.5) is 10.8 Å². The number of para-hydroxylation sites is 1. The zero-order valence-electron chi connectivity index (χ0n) is 9.65. The van der Waals surface area contributed by atoms with E-state index in [2.05, 4.69) is 15.6 Å². The van der Waals surface area contributed by atoms with Gasteiger partial charge in [0.15, 0.2) is 5.13 Å². The summed E-state index contributed by atoms with van der Waals surface area (Å²) in [7, 11) is 1.79. The number of hydrogen-bond donors (Lipinski definition) is 2. The van der Waals surface area contributed by atoms with E-state index in [4.69, 9.17) is 0 Å². The lowest BCUT2D eigenvalue weighted by Crippen LogP contribution is -2.13. The Hall–Kier alpha value is -1.88. The first-order chi connectivity index (χ1) is 8.20. The van der Waals surface area contributed by atoms with Crippen LogP contribution in [0.1, 0.15) is 16.1 Å². The average molecular weight is 247 g/mol. The summed E-state index contributed by atoms with van der Waals surface area (Å²) in [5, 5.41) is 8.30. The van der Waals surface area contributed by atoms with Crippen molar-refractivity contribution in [2.24, 2.45) is 0 Å². The monoisotopic (exact) mass is 247 g/mol. The molecule has 0 aliphatic carbocycles. The predicted molar refractivity (Wildman–Crippen MR) is 70.8 cm³/mol. The van der Waals surface area contributed by atoms with Crippen molar-refractivity contribution in [1.29, 1.82) is 0 Å². The number of thiazole rings is 1. The maximum atomic E-state index is 12.0. The SMILES string of the molecule is CNc1ccccc1C(=O)Nc1nc(C)cs1. The van der Waals surface area contributed by atoms with Crippen LogP contribution in [0.3, 0.4) is 0 Å². The Balaban J connectivity index is 2.20. The first-order valence-electron chi connectivity index (χ1n) is 5.21. The van der Waals surface area contributed by atoms with E-state index in [-0.39, 0.29) is 5.91 Å². The molecule has 5 heteroatoms. The van der Waals surface area contributed by atoms with Crippen LogP contribution in [0.25, 0.3) is 0 Å². The standard InChI is InChI=1S/C12H13N3OS/c1-8-7-17-12(14-8)15-11(16)9-5-3-4-6-10(9)13-2/h3-7,13H,1-2H3,(H,14,15,16). The summed E-state index contributed by atoms with van der Waals surface area (Å²) >= 11 is 1.42. The summed E-state index contributed by atoms with van der Waals surface area (Å²) in [4.78, 5) is 16.2. The Bertz CT molecular complexity index is 536. The molecule has 0 bridgehead atoms. The summed E-state index contributed by atoms with van der Waals surface area (Å²) in [6.07, 6.45) is 0. The van der Waals surface area contributed by atoms with Gasteiger partial charge in [-0.1, -0.05) is 12.1 Å². The highest BCUT2D eigenvalue weighted by molar-refractivity contribution is 7.13. The fourth-order valence-corrected chi connectivity index (χ4v) is 2.16. The molecule has 4 nitrogen and oxygen atoms in total. The summed E-state index contributed by atoms with van der Waals surface area (Å²) < 4.78 is 0. The van der Waals surface area contributed by atoms with Crippen LogP contribution >= 0.6 is 11.3 Å². The van der Waals surface area contributed by atoms with Gasteiger partial charge in [0, 0.05) is 18.1 Å². The Morgan fingerprint density at radius 3 is 2.76 bits per heavy atom. The van der Waals surface area contributed by atoms with Gasteiger partial charge in [0.1, 0.15) is 0 Å². The Morgan fingerprint density at radius 1 is 1.35 bits per heavy atom. The highest BCUT2D eigenvalue weighted by atomic mass is 32.1. The number of aromatic nitrogens is 1. The van der Waals surface area contributed by atoms with E-state index in [0.29, 0.717) is 10.7 Å². The lowest BCUT2D eigenvalue weighted by molar-refractivity contribution is 0.102. The molecule has 1 aromatic heterocycles. The summed E-state index contributed by atoms with van der Waals surface area (Å²) in [5.41, 5.74) is 2.33. The van der Waals surface area contributed by atoms with Gasteiger partial charge in [-0.3, -0.25) is 10.1 Å². The molecule has 1 heterocycles. The minimum absolute atomic E-state index is 0.149. The molecule has 1 aromatic carbocycles. The van der Waals surface area contributed by atoms with Gasteiger partial charge in [-0.05, 0) is 19.1 Å². The first-order valence-corrected chi connectivity index (χ1v) is 6.09. The van der Waals surface area contributed by atoms with Crippen molar-refractivity contribution in [3.05, 3.63) is 40.9 Å². The van der Waals surface area contributed by atoms with E-state index >= 15 is 0 Å². The molecule has 2 rings (SSSR count). The Kier molecular flexibility index (Phi) is 3.39. The van der Waals surface area contributed by atoms with Gasteiger partial charge >= 0.3 is 0 Å². The third kappa shape index (κ3) is 2.62. The van der Waals surface area contributed by atoms with E-state index in [1.165, 1.54) is 11.3 Å². The smallest absolute Gasteiger partial charge is 0.259 e. The number of benzene rings is 1. The molecule has 0 aliphatic rings.